The van der Waals surface area contributed by atoms with Crippen LogP contribution in [0.3, 0.4) is 0 Å². The highest BCUT2D eigenvalue weighted by atomic mass is 19.4. The van der Waals surface area contributed by atoms with Crippen LogP contribution in [0.4, 0.5) is 18.9 Å². The molecule has 0 fully saturated rings. The summed E-state index contributed by atoms with van der Waals surface area (Å²) >= 11 is 0. The second-order valence-corrected chi connectivity index (χ2v) is 8.83. The number of carbonyl (C=O) groups excluding carboxylic acids is 1. The first-order chi connectivity index (χ1) is 17.2. The fraction of sp³-hybridized carbons (Fsp3) is 0.167. The number of benzene rings is 4. The van der Waals surface area contributed by atoms with E-state index in [1.54, 1.807) is 29.2 Å². The third-order valence-corrected chi connectivity index (χ3v) is 6.01. The summed E-state index contributed by atoms with van der Waals surface area (Å²) in [6.07, 6.45) is -4.41. The summed E-state index contributed by atoms with van der Waals surface area (Å²) in [6.45, 7) is 0.791. The molecule has 184 valence electrons. The summed E-state index contributed by atoms with van der Waals surface area (Å²) in [5, 5.41) is 0. The minimum absolute atomic E-state index is 0.189. The predicted octanol–water partition coefficient (Wildman–Crippen LogP) is 7.28. The molecule has 4 aromatic carbocycles. The third kappa shape index (κ3) is 5.95. The number of hydrogen-bond donors (Lipinski definition) is 0. The van der Waals surface area contributed by atoms with Gasteiger partial charge < -0.3 is 9.80 Å². The van der Waals surface area contributed by atoms with E-state index in [2.05, 4.69) is 0 Å². The molecule has 0 saturated carbocycles. The van der Waals surface area contributed by atoms with Crippen LogP contribution in [-0.2, 0) is 19.3 Å². The molecule has 4 aromatic rings. The molecule has 1 amide bonds. The second kappa shape index (κ2) is 10.7. The number of halogens is 3. The Morgan fingerprint density at radius 1 is 0.694 bits per heavy atom. The average molecular weight is 489 g/mol. The Bertz CT molecular complexity index is 1300. The highest BCUT2D eigenvalue weighted by molar-refractivity contribution is 6.00. The van der Waals surface area contributed by atoms with Crippen molar-refractivity contribution < 1.29 is 18.0 Å². The predicted molar refractivity (Wildman–Crippen MR) is 138 cm³/mol. The van der Waals surface area contributed by atoms with Gasteiger partial charge in [0, 0.05) is 38.4 Å². The highest BCUT2D eigenvalue weighted by Crippen LogP contribution is 2.32. The topological polar surface area (TPSA) is 23.6 Å². The molecular weight excluding hydrogens is 461 g/mol. The molecular formula is C30H27F3N2O. The standard InChI is InChI=1S/C30H27F3N2O/c1-34(2)26-18-12-23(13-19-26)21-35(20-22-8-4-3-5-9-22)29(36)28-11-7-6-10-27(28)24-14-16-25(17-15-24)30(31,32)33/h3-19H,20-21H2,1-2H3. The molecule has 0 aliphatic rings. The van der Waals surface area contributed by atoms with Crippen LogP contribution in [0.25, 0.3) is 11.1 Å². The van der Waals surface area contributed by atoms with Gasteiger partial charge in [0.15, 0.2) is 0 Å². The number of alkyl halides is 3. The van der Waals surface area contributed by atoms with Crippen molar-refractivity contribution in [1.82, 2.24) is 4.90 Å². The SMILES string of the molecule is CN(C)c1ccc(CN(Cc2ccccc2)C(=O)c2ccccc2-c2ccc(C(F)(F)F)cc2)cc1. The molecule has 3 nitrogen and oxygen atoms in total. The van der Waals surface area contributed by atoms with Gasteiger partial charge in [-0.05, 0) is 52.6 Å². The van der Waals surface area contributed by atoms with Crippen LogP contribution in [-0.4, -0.2) is 24.9 Å². The van der Waals surface area contributed by atoms with Gasteiger partial charge in [-0.2, -0.15) is 13.2 Å². The van der Waals surface area contributed by atoms with E-state index in [0.29, 0.717) is 29.8 Å². The second-order valence-electron chi connectivity index (χ2n) is 8.83. The lowest BCUT2D eigenvalue weighted by Gasteiger charge is -2.25. The molecule has 36 heavy (non-hydrogen) atoms. The number of carbonyl (C=O) groups is 1. The molecule has 0 saturated heterocycles. The van der Waals surface area contributed by atoms with Crippen molar-refractivity contribution in [3.8, 4) is 11.1 Å². The number of amides is 1. The van der Waals surface area contributed by atoms with Gasteiger partial charge in [0.2, 0.25) is 0 Å². The van der Waals surface area contributed by atoms with Crippen molar-refractivity contribution in [3.63, 3.8) is 0 Å². The Labute approximate surface area is 209 Å². The van der Waals surface area contributed by atoms with Crippen molar-refractivity contribution in [3.05, 3.63) is 125 Å². The van der Waals surface area contributed by atoms with Gasteiger partial charge in [0.25, 0.3) is 5.91 Å². The van der Waals surface area contributed by atoms with E-state index in [9.17, 15) is 18.0 Å². The van der Waals surface area contributed by atoms with Crippen LogP contribution in [0.1, 0.15) is 27.0 Å². The van der Waals surface area contributed by atoms with Crippen molar-refractivity contribution in [1.29, 1.82) is 0 Å². The maximum atomic E-state index is 13.9. The van der Waals surface area contributed by atoms with Crippen molar-refractivity contribution >= 4 is 11.6 Å². The zero-order chi connectivity index (χ0) is 25.7. The van der Waals surface area contributed by atoms with E-state index < -0.39 is 11.7 Å². The Morgan fingerprint density at radius 3 is 1.83 bits per heavy atom. The van der Waals surface area contributed by atoms with Crippen LogP contribution in [0.5, 0.6) is 0 Å². The first kappa shape index (κ1) is 25.0. The lowest BCUT2D eigenvalue weighted by Crippen LogP contribution is -2.30. The van der Waals surface area contributed by atoms with Crippen LogP contribution >= 0.6 is 0 Å². The summed E-state index contributed by atoms with van der Waals surface area (Å²) in [4.78, 5) is 17.7. The normalized spacial score (nSPS) is 11.2. The Morgan fingerprint density at radius 2 is 1.25 bits per heavy atom. The first-order valence-electron chi connectivity index (χ1n) is 11.6. The zero-order valence-electron chi connectivity index (χ0n) is 20.2. The fourth-order valence-corrected chi connectivity index (χ4v) is 4.05. The van der Waals surface area contributed by atoms with Crippen molar-refractivity contribution in [2.75, 3.05) is 19.0 Å². The van der Waals surface area contributed by atoms with Crippen LogP contribution in [0, 0.1) is 0 Å². The van der Waals surface area contributed by atoms with Gasteiger partial charge in [-0.25, -0.2) is 0 Å². The van der Waals surface area contributed by atoms with Gasteiger partial charge in [0.1, 0.15) is 0 Å². The van der Waals surface area contributed by atoms with E-state index in [1.807, 2.05) is 73.6 Å². The third-order valence-electron chi connectivity index (χ3n) is 6.01. The smallest absolute Gasteiger partial charge is 0.378 e. The molecule has 0 unspecified atom stereocenters. The molecule has 0 aromatic heterocycles. The lowest BCUT2D eigenvalue weighted by molar-refractivity contribution is -0.137. The Hall–Kier alpha value is -4.06. The summed E-state index contributed by atoms with van der Waals surface area (Å²) in [7, 11) is 3.94. The number of anilines is 1. The summed E-state index contributed by atoms with van der Waals surface area (Å²) < 4.78 is 39.2. The van der Waals surface area contributed by atoms with Gasteiger partial charge in [-0.3, -0.25) is 4.79 Å². The quantitative estimate of drug-likeness (QED) is 0.273. The number of nitrogens with zero attached hydrogens (tertiary/aromatic N) is 2. The monoisotopic (exact) mass is 488 g/mol. The van der Waals surface area contributed by atoms with E-state index in [0.717, 1.165) is 28.9 Å². The Kier molecular flexibility index (Phi) is 7.44. The average Bonchev–Trinajstić information content (AvgIpc) is 2.88. The van der Waals surface area contributed by atoms with E-state index in [1.165, 1.54) is 12.1 Å². The maximum Gasteiger partial charge on any atom is 0.416 e. The zero-order valence-corrected chi connectivity index (χ0v) is 20.2. The summed E-state index contributed by atoms with van der Waals surface area (Å²) in [6, 6.07) is 29.7. The molecule has 0 radical (unpaired) electrons. The molecule has 0 bridgehead atoms. The Balaban J connectivity index is 1.68. The van der Waals surface area contributed by atoms with Gasteiger partial charge in [0.05, 0.1) is 5.56 Å². The maximum absolute atomic E-state index is 13.9. The molecule has 0 spiro atoms. The molecule has 0 aliphatic heterocycles. The lowest BCUT2D eigenvalue weighted by atomic mass is 9.97. The minimum atomic E-state index is -4.41. The van der Waals surface area contributed by atoms with Gasteiger partial charge in [-0.15, -0.1) is 0 Å². The minimum Gasteiger partial charge on any atom is -0.378 e. The number of hydrogen-bond acceptors (Lipinski definition) is 2. The van der Waals surface area contributed by atoms with Gasteiger partial charge in [-0.1, -0.05) is 72.8 Å². The van der Waals surface area contributed by atoms with E-state index in [-0.39, 0.29) is 5.91 Å². The van der Waals surface area contributed by atoms with E-state index >= 15 is 0 Å². The summed E-state index contributed by atoms with van der Waals surface area (Å²) in [5.41, 5.74) is 3.91. The van der Waals surface area contributed by atoms with Crippen molar-refractivity contribution in [2.24, 2.45) is 0 Å². The van der Waals surface area contributed by atoms with Crippen LogP contribution < -0.4 is 4.90 Å². The molecule has 4 rings (SSSR count). The van der Waals surface area contributed by atoms with E-state index in [4.69, 9.17) is 0 Å². The summed E-state index contributed by atoms with van der Waals surface area (Å²) in [5.74, 6) is -0.189. The number of rotatable bonds is 7. The first-order valence-corrected chi connectivity index (χ1v) is 11.6. The van der Waals surface area contributed by atoms with Gasteiger partial charge >= 0.3 is 6.18 Å². The van der Waals surface area contributed by atoms with Crippen LogP contribution in [0.2, 0.25) is 0 Å². The largest absolute Gasteiger partial charge is 0.416 e. The molecule has 6 heteroatoms. The molecule has 0 aliphatic carbocycles. The molecule has 0 atom stereocenters. The molecule has 0 N–H and O–H groups in total. The molecule has 0 heterocycles. The highest BCUT2D eigenvalue weighted by Gasteiger charge is 2.30. The fourth-order valence-electron chi connectivity index (χ4n) is 4.05. The van der Waals surface area contributed by atoms with Crippen molar-refractivity contribution in [2.45, 2.75) is 19.3 Å². The van der Waals surface area contributed by atoms with Crippen LogP contribution in [0.15, 0.2) is 103 Å².